The number of rotatable bonds is 21. The van der Waals surface area contributed by atoms with E-state index in [1.54, 1.807) is 0 Å². The Morgan fingerprint density at radius 1 is 0.479 bits per heavy atom. The number of hydrogen-bond donors (Lipinski definition) is 0. The Hall–Kier alpha value is -3.54. The van der Waals surface area contributed by atoms with E-state index in [-0.39, 0.29) is 0 Å². The van der Waals surface area contributed by atoms with Gasteiger partial charge in [-0.15, -0.1) is 0 Å². The van der Waals surface area contributed by atoms with Crippen LogP contribution in [-0.4, -0.2) is 25.5 Å². The highest BCUT2D eigenvalue weighted by atomic mass is 16.7. The first-order valence-electron chi connectivity index (χ1n) is 18.9. The number of aryl methyl sites for hydroxylation is 2. The summed E-state index contributed by atoms with van der Waals surface area (Å²) in [6.07, 6.45) is 20.0. The van der Waals surface area contributed by atoms with Gasteiger partial charge in [-0.05, 0) is 47.9 Å². The number of fused-ring (bicyclic) bond motifs is 2. The van der Waals surface area contributed by atoms with Gasteiger partial charge in [-0.2, -0.15) is 0 Å². The number of hydrogen-bond acceptors (Lipinski definition) is 6. The van der Waals surface area contributed by atoms with Crippen molar-refractivity contribution in [1.82, 2.24) is 0 Å². The van der Waals surface area contributed by atoms with E-state index in [2.05, 4.69) is 38.1 Å². The standard InChI is InChI=1S/C42H58O6/c1-3-5-7-9-11-13-15-21-31-45-41(43)47-37-29-27-33-23-17-19-25-35(33)39(37)40-36-26-20-18-24-34(36)28-30-38(40)48-42(44)46-32-22-16-14-12-10-8-6-4-2/h17-20,23-26H,3-16,21-22,27-32H2,1-2H3. The lowest BCUT2D eigenvalue weighted by molar-refractivity contribution is 0.0720. The highest BCUT2D eigenvalue weighted by Gasteiger charge is 2.32. The Morgan fingerprint density at radius 3 is 1.23 bits per heavy atom. The highest BCUT2D eigenvalue weighted by Crippen LogP contribution is 2.46. The second-order valence-electron chi connectivity index (χ2n) is 13.3. The van der Waals surface area contributed by atoms with Crippen molar-refractivity contribution in [2.75, 3.05) is 13.2 Å². The van der Waals surface area contributed by atoms with Crippen molar-refractivity contribution in [3.05, 3.63) is 82.3 Å². The Labute approximate surface area is 289 Å². The van der Waals surface area contributed by atoms with Gasteiger partial charge in [0.15, 0.2) is 0 Å². The fourth-order valence-corrected chi connectivity index (χ4v) is 6.81. The van der Waals surface area contributed by atoms with Crippen LogP contribution in [0.3, 0.4) is 0 Å². The maximum atomic E-state index is 13.0. The van der Waals surface area contributed by atoms with Crippen molar-refractivity contribution in [2.45, 2.75) is 142 Å². The van der Waals surface area contributed by atoms with Crippen molar-refractivity contribution in [3.63, 3.8) is 0 Å². The number of allylic oxidation sites excluding steroid dienone is 4. The van der Waals surface area contributed by atoms with Crippen LogP contribution in [0.1, 0.15) is 152 Å². The smallest absolute Gasteiger partial charge is 0.434 e. The Morgan fingerprint density at radius 2 is 0.833 bits per heavy atom. The van der Waals surface area contributed by atoms with E-state index in [4.69, 9.17) is 18.9 Å². The zero-order valence-electron chi connectivity index (χ0n) is 29.6. The van der Waals surface area contributed by atoms with E-state index in [9.17, 15) is 9.59 Å². The largest absolute Gasteiger partial charge is 0.513 e. The van der Waals surface area contributed by atoms with E-state index in [0.717, 1.165) is 73.6 Å². The molecule has 0 bridgehead atoms. The van der Waals surface area contributed by atoms with Crippen LogP contribution < -0.4 is 0 Å². The van der Waals surface area contributed by atoms with Crippen molar-refractivity contribution < 1.29 is 28.5 Å². The van der Waals surface area contributed by atoms with Crippen molar-refractivity contribution in [1.29, 1.82) is 0 Å². The molecule has 0 unspecified atom stereocenters. The van der Waals surface area contributed by atoms with Crippen LogP contribution in [0.15, 0.2) is 60.0 Å². The SMILES string of the molecule is CCCCCCCCCCOC(=O)OC1=C(C2=C(OC(=O)OCCCCCCCCCC)CCc3ccccc32)c2ccccc2CC1. The van der Waals surface area contributed by atoms with Gasteiger partial charge in [0.2, 0.25) is 0 Å². The lowest BCUT2D eigenvalue weighted by Crippen LogP contribution is -2.18. The van der Waals surface area contributed by atoms with Crippen molar-refractivity contribution in [2.24, 2.45) is 0 Å². The molecule has 0 saturated carbocycles. The summed E-state index contributed by atoms with van der Waals surface area (Å²) in [5, 5.41) is 0. The van der Waals surface area contributed by atoms with Crippen LogP contribution in [0, 0.1) is 0 Å². The van der Waals surface area contributed by atoms with Gasteiger partial charge in [0.1, 0.15) is 11.5 Å². The third kappa shape index (κ3) is 11.9. The molecule has 6 nitrogen and oxygen atoms in total. The fourth-order valence-electron chi connectivity index (χ4n) is 6.81. The van der Waals surface area contributed by atoms with E-state index >= 15 is 0 Å². The zero-order valence-corrected chi connectivity index (χ0v) is 29.6. The molecule has 2 aromatic rings. The number of benzene rings is 2. The Balaban J connectivity index is 1.46. The monoisotopic (exact) mass is 658 g/mol. The predicted molar refractivity (Wildman–Crippen MR) is 193 cm³/mol. The number of unbranched alkanes of at least 4 members (excludes halogenated alkanes) is 14. The van der Waals surface area contributed by atoms with Gasteiger partial charge in [-0.1, -0.05) is 152 Å². The molecule has 6 heteroatoms. The summed E-state index contributed by atoms with van der Waals surface area (Å²) in [5.41, 5.74) is 5.88. The minimum atomic E-state index is -0.679. The van der Waals surface area contributed by atoms with Gasteiger partial charge in [0.05, 0.1) is 13.2 Å². The van der Waals surface area contributed by atoms with Crippen LogP contribution in [0.2, 0.25) is 0 Å². The molecule has 2 aliphatic carbocycles. The molecule has 2 aliphatic rings. The summed E-state index contributed by atoms with van der Waals surface area (Å²) in [7, 11) is 0. The molecule has 0 saturated heterocycles. The van der Waals surface area contributed by atoms with Crippen LogP contribution in [0.4, 0.5) is 9.59 Å². The van der Waals surface area contributed by atoms with E-state index in [1.807, 2.05) is 24.3 Å². The summed E-state index contributed by atoms with van der Waals surface area (Å²) < 4.78 is 23.1. The van der Waals surface area contributed by atoms with Gasteiger partial charge < -0.3 is 18.9 Å². The van der Waals surface area contributed by atoms with Gasteiger partial charge in [0, 0.05) is 24.0 Å². The molecule has 0 atom stereocenters. The first-order valence-corrected chi connectivity index (χ1v) is 18.9. The minimum Gasteiger partial charge on any atom is -0.434 e. The van der Waals surface area contributed by atoms with E-state index < -0.39 is 12.3 Å². The molecule has 48 heavy (non-hydrogen) atoms. The van der Waals surface area contributed by atoms with Gasteiger partial charge in [-0.25, -0.2) is 9.59 Å². The second-order valence-corrected chi connectivity index (χ2v) is 13.3. The van der Waals surface area contributed by atoms with E-state index in [1.165, 1.54) is 75.3 Å². The maximum Gasteiger partial charge on any atom is 0.513 e. The first-order chi connectivity index (χ1) is 23.6. The molecule has 0 amide bonds. The highest BCUT2D eigenvalue weighted by molar-refractivity contribution is 6.09. The third-order valence-corrected chi connectivity index (χ3v) is 9.47. The molecule has 0 radical (unpaired) electrons. The molecule has 0 fully saturated rings. The topological polar surface area (TPSA) is 71.1 Å². The predicted octanol–water partition coefficient (Wildman–Crippen LogP) is 12.3. The molecular formula is C42H58O6. The molecule has 0 aromatic heterocycles. The van der Waals surface area contributed by atoms with Gasteiger partial charge >= 0.3 is 12.3 Å². The molecular weight excluding hydrogens is 600 g/mol. The Kier molecular flexibility index (Phi) is 16.6. The van der Waals surface area contributed by atoms with E-state index in [0.29, 0.717) is 37.6 Å². The first kappa shape index (κ1) is 37.3. The number of carbonyl (C=O) groups excluding carboxylic acids is 2. The maximum absolute atomic E-state index is 13.0. The summed E-state index contributed by atoms with van der Waals surface area (Å²) in [6, 6.07) is 16.4. The zero-order chi connectivity index (χ0) is 33.8. The third-order valence-electron chi connectivity index (χ3n) is 9.47. The molecule has 262 valence electrons. The van der Waals surface area contributed by atoms with Crippen LogP contribution in [-0.2, 0) is 31.8 Å². The Bertz CT molecular complexity index is 1250. The van der Waals surface area contributed by atoms with Crippen LogP contribution in [0.25, 0.3) is 11.1 Å². The lowest BCUT2D eigenvalue weighted by atomic mass is 9.78. The molecule has 0 spiro atoms. The van der Waals surface area contributed by atoms with Crippen LogP contribution >= 0.6 is 0 Å². The number of ether oxygens (including phenoxy) is 4. The van der Waals surface area contributed by atoms with Crippen LogP contribution in [0.5, 0.6) is 0 Å². The second kappa shape index (κ2) is 21.4. The summed E-state index contributed by atoms with van der Waals surface area (Å²) in [5.74, 6) is 1.10. The molecule has 0 heterocycles. The summed E-state index contributed by atoms with van der Waals surface area (Å²) >= 11 is 0. The minimum absolute atomic E-state index is 0.345. The normalized spacial score (nSPS) is 14.0. The molecule has 0 aliphatic heterocycles. The molecule has 0 N–H and O–H groups in total. The molecule has 4 rings (SSSR count). The summed E-state index contributed by atoms with van der Waals surface area (Å²) in [6.45, 7) is 5.15. The number of carbonyl (C=O) groups is 2. The molecule has 2 aromatic carbocycles. The van der Waals surface area contributed by atoms with Crippen molar-refractivity contribution >= 4 is 23.5 Å². The van der Waals surface area contributed by atoms with Gasteiger partial charge in [0.25, 0.3) is 0 Å². The average molecular weight is 659 g/mol. The average Bonchev–Trinajstić information content (AvgIpc) is 3.10. The van der Waals surface area contributed by atoms with Gasteiger partial charge in [-0.3, -0.25) is 0 Å². The lowest BCUT2D eigenvalue weighted by Gasteiger charge is -2.29. The summed E-state index contributed by atoms with van der Waals surface area (Å²) in [4.78, 5) is 26.0. The van der Waals surface area contributed by atoms with Crippen molar-refractivity contribution in [3.8, 4) is 0 Å². The quantitative estimate of drug-likeness (QED) is 0.0982. The fraction of sp³-hybridized carbons (Fsp3) is 0.571.